The van der Waals surface area contributed by atoms with Gasteiger partial charge in [-0.05, 0) is 37.6 Å². The summed E-state index contributed by atoms with van der Waals surface area (Å²) < 4.78 is 0. The topological polar surface area (TPSA) is 32.3 Å². The molecule has 0 aromatic rings. The lowest BCUT2D eigenvalue weighted by atomic mass is 9.84. The molecule has 92 valence electrons. The highest BCUT2D eigenvalue weighted by atomic mass is 16.2. The van der Waals surface area contributed by atoms with Gasteiger partial charge in [0.25, 0.3) is 0 Å². The Morgan fingerprint density at radius 1 is 1.44 bits per heavy atom. The molecule has 2 fully saturated rings. The van der Waals surface area contributed by atoms with Gasteiger partial charge in [0.2, 0.25) is 5.91 Å². The molecule has 1 N–H and O–H groups in total. The Labute approximate surface area is 98.6 Å². The molecule has 2 saturated heterocycles. The molecule has 0 radical (unpaired) electrons. The van der Waals surface area contributed by atoms with Gasteiger partial charge in [0.1, 0.15) is 0 Å². The first-order chi connectivity index (χ1) is 7.57. The lowest BCUT2D eigenvalue weighted by molar-refractivity contribution is -0.134. The smallest absolute Gasteiger partial charge is 0.224 e. The van der Waals surface area contributed by atoms with Gasteiger partial charge in [0.15, 0.2) is 0 Å². The molecule has 1 unspecified atom stereocenters. The molecule has 1 amide bonds. The van der Waals surface area contributed by atoms with E-state index in [-0.39, 0.29) is 0 Å². The van der Waals surface area contributed by atoms with Crippen LogP contribution in [0.15, 0.2) is 0 Å². The van der Waals surface area contributed by atoms with Crippen molar-refractivity contribution >= 4 is 5.91 Å². The first kappa shape index (κ1) is 11.9. The summed E-state index contributed by atoms with van der Waals surface area (Å²) in [6.45, 7) is 7.53. The third-order valence-corrected chi connectivity index (χ3v) is 3.84. The van der Waals surface area contributed by atoms with Gasteiger partial charge in [-0.3, -0.25) is 4.79 Å². The third-order valence-electron chi connectivity index (χ3n) is 3.84. The summed E-state index contributed by atoms with van der Waals surface area (Å²) >= 11 is 0. The average Bonchev–Trinajstić information content (AvgIpc) is 2.69. The van der Waals surface area contributed by atoms with E-state index in [1.807, 2.05) is 0 Å². The number of carbonyl (C=O) groups is 1. The van der Waals surface area contributed by atoms with Gasteiger partial charge in [0, 0.05) is 25.6 Å². The Hall–Kier alpha value is -0.570. The van der Waals surface area contributed by atoms with E-state index in [0.717, 1.165) is 26.1 Å². The van der Waals surface area contributed by atoms with E-state index in [9.17, 15) is 4.79 Å². The Kier molecular flexibility index (Phi) is 3.53. The highest BCUT2D eigenvalue weighted by Crippen LogP contribution is 2.28. The van der Waals surface area contributed by atoms with Gasteiger partial charge in [-0.15, -0.1) is 0 Å². The first-order valence-electron chi connectivity index (χ1n) is 6.58. The molecular formula is C13H24N2O. The van der Waals surface area contributed by atoms with Gasteiger partial charge >= 0.3 is 0 Å². The molecule has 2 heterocycles. The normalized spacial score (nSPS) is 29.4. The largest absolute Gasteiger partial charge is 0.342 e. The van der Waals surface area contributed by atoms with E-state index < -0.39 is 0 Å². The monoisotopic (exact) mass is 224 g/mol. The van der Waals surface area contributed by atoms with Crippen molar-refractivity contribution in [2.45, 2.75) is 52.0 Å². The molecule has 0 aliphatic carbocycles. The molecule has 3 nitrogen and oxygen atoms in total. The van der Waals surface area contributed by atoms with Crippen molar-refractivity contribution < 1.29 is 4.79 Å². The van der Waals surface area contributed by atoms with Crippen LogP contribution in [0.1, 0.15) is 46.0 Å². The van der Waals surface area contributed by atoms with Crippen molar-refractivity contribution in [3.8, 4) is 0 Å². The summed E-state index contributed by atoms with van der Waals surface area (Å²) in [4.78, 5) is 14.2. The first-order valence-corrected chi connectivity index (χ1v) is 6.58. The summed E-state index contributed by atoms with van der Waals surface area (Å²) in [6.07, 6.45) is 5.51. The molecule has 1 atom stereocenters. The molecule has 0 saturated carbocycles. The number of hydrogen-bond donors (Lipinski definition) is 1. The van der Waals surface area contributed by atoms with Gasteiger partial charge in [-0.1, -0.05) is 13.8 Å². The van der Waals surface area contributed by atoms with Crippen LogP contribution < -0.4 is 5.32 Å². The van der Waals surface area contributed by atoms with Crippen molar-refractivity contribution in [1.29, 1.82) is 0 Å². The number of nitrogens with zero attached hydrogens (tertiary/aromatic N) is 1. The van der Waals surface area contributed by atoms with Crippen molar-refractivity contribution in [2.75, 3.05) is 19.6 Å². The zero-order chi connectivity index (χ0) is 11.6. The minimum absolute atomic E-state index is 0.316. The minimum Gasteiger partial charge on any atom is -0.342 e. The van der Waals surface area contributed by atoms with Gasteiger partial charge in [-0.25, -0.2) is 0 Å². The third kappa shape index (κ3) is 2.97. The lowest BCUT2D eigenvalue weighted by Crippen LogP contribution is -2.45. The van der Waals surface area contributed by atoms with Crippen molar-refractivity contribution in [1.82, 2.24) is 10.2 Å². The minimum atomic E-state index is 0.316. The molecule has 2 rings (SSSR count). The van der Waals surface area contributed by atoms with E-state index in [4.69, 9.17) is 0 Å². The molecule has 3 heteroatoms. The van der Waals surface area contributed by atoms with Gasteiger partial charge in [-0.2, -0.15) is 0 Å². The second-order valence-corrected chi connectivity index (χ2v) is 6.08. The number of piperidine rings is 1. The van der Waals surface area contributed by atoms with E-state index in [1.165, 1.54) is 19.3 Å². The summed E-state index contributed by atoms with van der Waals surface area (Å²) in [5.41, 5.74) is 0.316. The maximum atomic E-state index is 12.1. The van der Waals surface area contributed by atoms with Gasteiger partial charge < -0.3 is 10.2 Å². The molecule has 0 bridgehead atoms. The molecule has 0 aromatic heterocycles. The molecule has 0 aromatic carbocycles. The zero-order valence-electron chi connectivity index (χ0n) is 10.6. The van der Waals surface area contributed by atoms with Crippen molar-refractivity contribution in [2.24, 2.45) is 5.41 Å². The lowest BCUT2D eigenvalue weighted by Gasteiger charge is -2.38. The molecular weight excluding hydrogens is 200 g/mol. The summed E-state index contributed by atoms with van der Waals surface area (Å²) in [5.74, 6) is 0.354. The second kappa shape index (κ2) is 4.74. The number of carbonyl (C=O) groups excluding carboxylic acids is 1. The fourth-order valence-corrected chi connectivity index (χ4v) is 2.91. The molecule has 2 aliphatic heterocycles. The Morgan fingerprint density at radius 2 is 2.25 bits per heavy atom. The standard InChI is InChI=1S/C13H24N2O/c1-13(2)6-4-8-15(10-13)12(16)9-11-5-3-7-14-11/h11,14H,3-10H2,1-2H3. The molecule has 16 heavy (non-hydrogen) atoms. The highest BCUT2D eigenvalue weighted by Gasteiger charge is 2.30. The number of hydrogen-bond acceptors (Lipinski definition) is 2. The van der Waals surface area contributed by atoms with Crippen LogP contribution in [-0.2, 0) is 4.79 Å². The van der Waals surface area contributed by atoms with Crippen LogP contribution in [0.4, 0.5) is 0 Å². The predicted molar refractivity (Wildman–Crippen MR) is 65.2 cm³/mol. The highest BCUT2D eigenvalue weighted by molar-refractivity contribution is 5.77. The van der Waals surface area contributed by atoms with Crippen molar-refractivity contribution in [3.63, 3.8) is 0 Å². The average molecular weight is 224 g/mol. The maximum Gasteiger partial charge on any atom is 0.224 e. The van der Waals surface area contributed by atoms with Crippen molar-refractivity contribution in [3.05, 3.63) is 0 Å². The number of likely N-dealkylation sites (tertiary alicyclic amines) is 1. The summed E-state index contributed by atoms with van der Waals surface area (Å²) in [7, 11) is 0. The molecule has 0 spiro atoms. The molecule has 2 aliphatic rings. The van der Waals surface area contributed by atoms with E-state index >= 15 is 0 Å². The predicted octanol–water partition coefficient (Wildman–Crippen LogP) is 1.78. The number of amides is 1. The zero-order valence-corrected chi connectivity index (χ0v) is 10.6. The maximum absolute atomic E-state index is 12.1. The van der Waals surface area contributed by atoms with Crippen LogP contribution in [0.2, 0.25) is 0 Å². The van der Waals surface area contributed by atoms with Crippen LogP contribution in [0.3, 0.4) is 0 Å². The van der Waals surface area contributed by atoms with Crippen LogP contribution in [-0.4, -0.2) is 36.5 Å². The van der Waals surface area contributed by atoms with E-state index in [1.54, 1.807) is 0 Å². The van der Waals surface area contributed by atoms with E-state index in [0.29, 0.717) is 23.8 Å². The fourth-order valence-electron chi connectivity index (χ4n) is 2.91. The Balaban J connectivity index is 1.84. The number of rotatable bonds is 2. The number of nitrogens with one attached hydrogen (secondary N) is 1. The summed E-state index contributed by atoms with van der Waals surface area (Å²) in [5, 5.41) is 3.40. The Morgan fingerprint density at radius 3 is 2.88 bits per heavy atom. The van der Waals surface area contributed by atoms with E-state index in [2.05, 4.69) is 24.1 Å². The van der Waals surface area contributed by atoms with Crippen LogP contribution in [0.5, 0.6) is 0 Å². The Bertz CT molecular complexity index is 257. The van der Waals surface area contributed by atoms with Crippen LogP contribution >= 0.6 is 0 Å². The quantitative estimate of drug-likeness (QED) is 0.775. The second-order valence-electron chi connectivity index (χ2n) is 6.08. The van der Waals surface area contributed by atoms with Gasteiger partial charge in [0.05, 0.1) is 0 Å². The summed E-state index contributed by atoms with van der Waals surface area (Å²) in [6, 6.07) is 0.442. The van der Waals surface area contributed by atoms with Crippen LogP contribution in [0.25, 0.3) is 0 Å². The fraction of sp³-hybridized carbons (Fsp3) is 0.923. The SMILES string of the molecule is CC1(C)CCCN(C(=O)CC2CCCN2)C1. The van der Waals surface area contributed by atoms with Crippen LogP contribution in [0, 0.1) is 5.41 Å².